The van der Waals surface area contributed by atoms with Crippen LogP contribution in [0.2, 0.25) is 0 Å². The van der Waals surface area contributed by atoms with Gasteiger partial charge in [-0.2, -0.15) is 5.10 Å². The number of benzene rings is 1. The van der Waals surface area contributed by atoms with Gasteiger partial charge in [0, 0.05) is 31.0 Å². The average Bonchev–Trinajstić information content (AvgIpc) is 2.96. The molecule has 0 radical (unpaired) electrons. The van der Waals surface area contributed by atoms with Crippen LogP contribution >= 0.6 is 0 Å². The molecule has 0 unspecified atom stereocenters. The summed E-state index contributed by atoms with van der Waals surface area (Å²) in [5, 5.41) is 16.8. The van der Waals surface area contributed by atoms with E-state index >= 15 is 0 Å². The third-order valence-electron chi connectivity index (χ3n) is 5.38. The Labute approximate surface area is 162 Å². The van der Waals surface area contributed by atoms with Gasteiger partial charge in [0.05, 0.1) is 23.2 Å². The first-order valence-electron chi connectivity index (χ1n) is 9.21. The maximum atomic E-state index is 13.2. The first-order chi connectivity index (χ1) is 13.3. The van der Waals surface area contributed by atoms with Gasteiger partial charge in [0.2, 0.25) is 5.91 Å². The number of aryl methyl sites for hydroxylation is 1. The maximum absolute atomic E-state index is 13.2. The Morgan fingerprint density at radius 3 is 2.50 bits per heavy atom. The molecule has 0 saturated carbocycles. The molecular formula is C20H24FN3O4. The lowest BCUT2D eigenvalue weighted by Crippen LogP contribution is -2.46. The summed E-state index contributed by atoms with van der Waals surface area (Å²) in [5.74, 6) is -1.49. The Hall–Kier alpha value is -2.74. The van der Waals surface area contributed by atoms with Crippen LogP contribution in [0.3, 0.4) is 0 Å². The SMILES string of the molecule is Cc1nn(-c2ccc(F)cc2)c(C)c1CC(=O)NCC1(C(=O)O)CCOCC1. The van der Waals surface area contributed by atoms with E-state index in [2.05, 4.69) is 10.4 Å². The molecule has 0 atom stereocenters. The fourth-order valence-electron chi connectivity index (χ4n) is 3.48. The zero-order chi connectivity index (χ0) is 20.3. The van der Waals surface area contributed by atoms with Gasteiger partial charge in [0.1, 0.15) is 5.82 Å². The van der Waals surface area contributed by atoms with Crippen molar-refractivity contribution >= 4 is 11.9 Å². The third-order valence-corrected chi connectivity index (χ3v) is 5.38. The van der Waals surface area contributed by atoms with Crippen molar-refractivity contribution in [2.75, 3.05) is 19.8 Å². The van der Waals surface area contributed by atoms with Crippen LogP contribution in [0.4, 0.5) is 4.39 Å². The molecule has 1 fully saturated rings. The van der Waals surface area contributed by atoms with E-state index in [1.807, 2.05) is 13.8 Å². The lowest BCUT2D eigenvalue weighted by molar-refractivity contribution is -0.154. The highest BCUT2D eigenvalue weighted by Gasteiger charge is 2.40. The Morgan fingerprint density at radius 2 is 1.89 bits per heavy atom. The summed E-state index contributed by atoms with van der Waals surface area (Å²) >= 11 is 0. The second kappa shape index (κ2) is 8.10. The van der Waals surface area contributed by atoms with Gasteiger partial charge in [0.25, 0.3) is 0 Å². The average molecular weight is 389 g/mol. The fraction of sp³-hybridized carbons (Fsp3) is 0.450. The van der Waals surface area contributed by atoms with Crippen molar-refractivity contribution in [1.29, 1.82) is 0 Å². The molecule has 28 heavy (non-hydrogen) atoms. The van der Waals surface area contributed by atoms with Gasteiger partial charge in [-0.25, -0.2) is 9.07 Å². The summed E-state index contributed by atoms with van der Waals surface area (Å²) in [4.78, 5) is 24.2. The lowest BCUT2D eigenvalue weighted by atomic mass is 9.80. The summed E-state index contributed by atoms with van der Waals surface area (Å²) in [7, 11) is 0. The van der Waals surface area contributed by atoms with E-state index in [0.717, 1.165) is 11.3 Å². The Balaban J connectivity index is 1.70. The number of carboxylic acid groups (broad SMARTS) is 1. The number of nitrogens with zero attached hydrogens (tertiary/aromatic N) is 2. The van der Waals surface area contributed by atoms with Gasteiger partial charge in [0.15, 0.2) is 0 Å². The minimum atomic E-state index is -0.976. The summed E-state index contributed by atoms with van der Waals surface area (Å²) in [5.41, 5.74) is 2.00. The van der Waals surface area contributed by atoms with Crippen molar-refractivity contribution in [3.63, 3.8) is 0 Å². The van der Waals surface area contributed by atoms with Crippen LogP contribution in [0.5, 0.6) is 0 Å². The first kappa shape index (κ1) is 20.0. The first-order valence-corrected chi connectivity index (χ1v) is 9.21. The molecule has 0 bridgehead atoms. The summed E-state index contributed by atoms with van der Waals surface area (Å²) in [6, 6.07) is 5.97. The molecule has 1 aliphatic rings. The molecule has 2 aromatic rings. The highest BCUT2D eigenvalue weighted by molar-refractivity contribution is 5.81. The number of carboxylic acids is 1. The summed E-state index contributed by atoms with van der Waals surface area (Å²) in [6.07, 6.45) is 0.859. The predicted molar refractivity (Wildman–Crippen MR) is 99.8 cm³/mol. The molecule has 1 aliphatic heterocycles. The molecule has 1 saturated heterocycles. The number of ether oxygens (including phenoxy) is 1. The minimum absolute atomic E-state index is 0.0781. The summed E-state index contributed by atoms with van der Waals surface area (Å²) < 4.78 is 20.1. The number of nitrogens with one attached hydrogen (secondary N) is 1. The predicted octanol–water partition coefficient (Wildman–Crippen LogP) is 2.17. The van der Waals surface area contributed by atoms with E-state index in [-0.39, 0.29) is 24.7 Å². The maximum Gasteiger partial charge on any atom is 0.311 e. The van der Waals surface area contributed by atoms with E-state index in [4.69, 9.17) is 4.74 Å². The zero-order valence-corrected chi connectivity index (χ0v) is 16.0. The number of carbonyl (C=O) groups is 2. The summed E-state index contributed by atoms with van der Waals surface area (Å²) in [6.45, 7) is 4.50. The number of hydrogen-bond acceptors (Lipinski definition) is 4. The topological polar surface area (TPSA) is 93.5 Å². The smallest absolute Gasteiger partial charge is 0.311 e. The standard InChI is InChI=1S/C20H24FN3O4/c1-13-17(14(2)24(23-13)16-5-3-15(21)4-6-16)11-18(25)22-12-20(19(26)27)7-9-28-10-8-20/h3-6H,7-12H2,1-2H3,(H,22,25)(H,26,27). The van der Waals surface area contributed by atoms with Gasteiger partial charge in [-0.15, -0.1) is 0 Å². The monoisotopic (exact) mass is 389 g/mol. The quantitative estimate of drug-likeness (QED) is 0.790. The third kappa shape index (κ3) is 4.06. The number of carbonyl (C=O) groups excluding carboxylic acids is 1. The van der Waals surface area contributed by atoms with Gasteiger partial charge >= 0.3 is 5.97 Å². The van der Waals surface area contributed by atoms with Gasteiger partial charge < -0.3 is 15.2 Å². The molecule has 3 rings (SSSR count). The molecule has 0 spiro atoms. The van der Waals surface area contributed by atoms with E-state index in [0.29, 0.717) is 37.4 Å². The number of hydrogen-bond donors (Lipinski definition) is 2. The fourth-order valence-corrected chi connectivity index (χ4v) is 3.48. The zero-order valence-electron chi connectivity index (χ0n) is 16.0. The largest absolute Gasteiger partial charge is 0.481 e. The van der Waals surface area contributed by atoms with Crippen LogP contribution in [-0.4, -0.2) is 46.5 Å². The number of rotatable bonds is 6. The molecule has 0 aliphatic carbocycles. The van der Waals surface area contributed by atoms with Crippen LogP contribution in [0.15, 0.2) is 24.3 Å². The highest BCUT2D eigenvalue weighted by atomic mass is 19.1. The number of aromatic nitrogens is 2. The van der Waals surface area contributed by atoms with Crippen molar-refractivity contribution < 1.29 is 23.8 Å². The van der Waals surface area contributed by atoms with Crippen LogP contribution in [0.25, 0.3) is 5.69 Å². The van der Waals surface area contributed by atoms with E-state index in [1.165, 1.54) is 12.1 Å². The van der Waals surface area contributed by atoms with Crippen molar-refractivity contribution in [2.24, 2.45) is 5.41 Å². The second-order valence-corrected chi connectivity index (χ2v) is 7.19. The number of aliphatic carboxylic acids is 1. The minimum Gasteiger partial charge on any atom is -0.481 e. The van der Waals surface area contributed by atoms with Crippen LogP contribution in [0, 0.1) is 25.1 Å². The molecular weight excluding hydrogens is 365 g/mol. The van der Waals surface area contributed by atoms with Crippen LogP contribution in [-0.2, 0) is 20.7 Å². The Bertz CT molecular complexity index is 870. The van der Waals surface area contributed by atoms with Crippen molar-refractivity contribution in [3.8, 4) is 5.69 Å². The molecule has 8 heteroatoms. The van der Waals surface area contributed by atoms with Gasteiger partial charge in [-0.05, 0) is 51.0 Å². The molecule has 7 nitrogen and oxygen atoms in total. The molecule has 1 aromatic heterocycles. The Morgan fingerprint density at radius 1 is 1.25 bits per heavy atom. The van der Waals surface area contributed by atoms with E-state index in [9.17, 15) is 19.1 Å². The van der Waals surface area contributed by atoms with Crippen LogP contribution in [0.1, 0.15) is 29.8 Å². The van der Waals surface area contributed by atoms with E-state index in [1.54, 1.807) is 16.8 Å². The van der Waals surface area contributed by atoms with Gasteiger partial charge in [-0.3, -0.25) is 9.59 Å². The molecule has 150 valence electrons. The number of halogens is 1. The highest BCUT2D eigenvalue weighted by Crippen LogP contribution is 2.30. The van der Waals surface area contributed by atoms with E-state index < -0.39 is 11.4 Å². The van der Waals surface area contributed by atoms with Crippen LogP contribution < -0.4 is 5.32 Å². The molecule has 2 N–H and O–H groups in total. The van der Waals surface area contributed by atoms with Crippen molar-refractivity contribution in [1.82, 2.24) is 15.1 Å². The van der Waals surface area contributed by atoms with Crippen molar-refractivity contribution in [2.45, 2.75) is 33.1 Å². The Kier molecular flexibility index (Phi) is 5.79. The molecule has 1 aromatic carbocycles. The number of amides is 1. The molecule has 2 heterocycles. The van der Waals surface area contributed by atoms with Crippen molar-refractivity contribution in [3.05, 3.63) is 47.0 Å². The van der Waals surface area contributed by atoms with Gasteiger partial charge in [-0.1, -0.05) is 0 Å². The second-order valence-electron chi connectivity index (χ2n) is 7.19. The normalized spacial score (nSPS) is 16.0. The molecule has 1 amide bonds. The lowest BCUT2D eigenvalue weighted by Gasteiger charge is -2.33.